The van der Waals surface area contributed by atoms with Gasteiger partial charge in [-0.25, -0.2) is 0 Å². The molecule has 2 heteroatoms. The van der Waals surface area contributed by atoms with Gasteiger partial charge >= 0.3 is 0 Å². The van der Waals surface area contributed by atoms with Crippen molar-refractivity contribution in [3.8, 4) is 5.75 Å². The molecule has 0 saturated heterocycles. The van der Waals surface area contributed by atoms with Crippen LogP contribution in [-0.4, -0.2) is 7.11 Å². The van der Waals surface area contributed by atoms with Gasteiger partial charge < -0.3 is 9.15 Å². The van der Waals surface area contributed by atoms with Crippen molar-refractivity contribution in [2.45, 2.75) is 13.3 Å². The maximum Gasteiger partial charge on any atom is 0.134 e. The molecule has 2 aromatic carbocycles. The number of benzene rings is 2. The smallest absolute Gasteiger partial charge is 0.134 e. The van der Waals surface area contributed by atoms with Crippen LogP contribution in [0, 0.1) is 6.92 Å². The van der Waals surface area contributed by atoms with Crippen molar-refractivity contribution < 1.29 is 9.15 Å². The van der Waals surface area contributed by atoms with Crippen molar-refractivity contribution in [1.29, 1.82) is 0 Å². The number of hydrogen-bond acceptors (Lipinski definition) is 2. The summed E-state index contributed by atoms with van der Waals surface area (Å²) in [6, 6.07) is 16.3. The van der Waals surface area contributed by atoms with Gasteiger partial charge in [0, 0.05) is 11.8 Å². The first kappa shape index (κ1) is 11.8. The van der Waals surface area contributed by atoms with E-state index >= 15 is 0 Å². The molecule has 0 aliphatic rings. The molecule has 0 amide bonds. The Morgan fingerprint density at radius 3 is 2.42 bits per heavy atom. The van der Waals surface area contributed by atoms with Crippen LogP contribution in [0.3, 0.4) is 0 Å². The highest BCUT2D eigenvalue weighted by Gasteiger charge is 2.10. The number of ether oxygens (including phenoxy) is 1. The molecule has 2 nitrogen and oxygen atoms in total. The highest BCUT2D eigenvalue weighted by atomic mass is 16.5. The lowest BCUT2D eigenvalue weighted by molar-refractivity contribution is 0.414. The van der Waals surface area contributed by atoms with Crippen molar-refractivity contribution in [2.24, 2.45) is 0 Å². The lowest BCUT2D eigenvalue weighted by Gasteiger charge is -2.02. The number of aryl methyl sites for hydroxylation is 1. The van der Waals surface area contributed by atoms with Gasteiger partial charge in [0.05, 0.1) is 7.11 Å². The van der Waals surface area contributed by atoms with E-state index in [2.05, 4.69) is 25.1 Å². The van der Waals surface area contributed by atoms with E-state index in [9.17, 15) is 0 Å². The molecule has 0 unspecified atom stereocenters. The number of fused-ring (bicyclic) bond motifs is 1. The van der Waals surface area contributed by atoms with Crippen molar-refractivity contribution in [2.75, 3.05) is 7.11 Å². The second-order valence-electron chi connectivity index (χ2n) is 4.67. The van der Waals surface area contributed by atoms with Gasteiger partial charge in [-0.05, 0) is 36.2 Å². The predicted octanol–water partition coefficient (Wildman–Crippen LogP) is 4.34. The fourth-order valence-electron chi connectivity index (χ4n) is 2.32. The summed E-state index contributed by atoms with van der Waals surface area (Å²) in [5.41, 5.74) is 3.41. The monoisotopic (exact) mass is 252 g/mol. The third kappa shape index (κ3) is 2.22. The number of methoxy groups -OCH3 is 1. The Hall–Kier alpha value is -2.22. The molecule has 3 rings (SSSR count). The molecule has 0 fully saturated rings. The van der Waals surface area contributed by atoms with Gasteiger partial charge in [0.15, 0.2) is 0 Å². The number of para-hydroxylation sites is 1. The summed E-state index contributed by atoms with van der Waals surface area (Å²) in [6.45, 7) is 2.12. The topological polar surface area (TPSA) is 22.4 Å². The fraction of sp³-hybridized carbons (Fsp3) is 0.176. The van der Waals surface area contributed by atoms with E-state index < -0.39 is 0 Å². The standard InChI is InChI=1S/C17H16O2/c1-12-15-5-3-4-6-16(15)19-17(12)11-13-7-9-14(18-2)10-8-13/h3-10H,11H2,1-2H3. The third-order valence-corrected chi connectivity index (χ3v) is 3.47. The molecule has 96 valence electrons. The largest absolute Gasteiger partial charge is 0.497 e. The van der Waals surface area contributed by atoms with Crippen LogP contribution in [0.25, 0.3) is 11.0 Å². The molecule has 1 heterocycles. The predicted molar refractivity (Wildman–Crippen MR) is 76.8 cm³/mol. The van der Waals surface area contributed by atoms with Gasteiger partial charge in [-0.1, -0.05) is 30.3 Å². The van der Waals surface area contributed by atoms with Gasteiger partial charge in [0.1, 0.15) is 17.1 Å². The zero-order chi connectivity index (χ0) is 13.2. The van der Waals surface area contributed by atoms with Gasteiger partial charge in [-0.15, -0.1) is 0 Å². The molecule has 0 atom stereocenters. The maximum absolute atomic E-state index is 5.93. The molecule has 0 aliphatic heterocycles. The molecule has 0 aliphatic carbocycles. The normalized spacial score (nSPS) is 10.8. The van der Waals surface area contributed by atoms with E-state index in [0.717, 1.165) is 23.5 Å². The molecule has 1 aromatic heterocycles. The Morgan fingerprint density at radius 1 is 1.00 bits per heavy atom. The summed E-state index contributed by atoms with van der Waals surface area (Å²) in [6.07, 6.45) is 0.810. The molecule has 0 radical (unpaired) electrons. The van der Waals surface area contributed by atoms with Crippen LogP contribution < -0.4 is 4.74 Å². The minimum atomic E-state index is 0.810. The molecule has 0 spiro atoms. The van der Waals surface area contributed by atoms with Crippen molar-refractivity contribution in [1.82, 2.24) is 0 Å². The SMILES string of the molecule is COc1ccc(Cc2oc3ccccc3c2C)cc1. The van der Waals surface area contributed by atoms with E-state index in [0.29, 0.717) is 0 Å². The Labute approximate surface area is 112 Å². The van der Waals surface area contributed by atoms with E-state index in [4.69, 9.17) is 9.15 Å². The summed E-state index contributed by atoms with van der Waals surface area (Å²) in [5, 5.41) is 1.20. The van der Waals surface area contributed by atoms with Crippen molar-refractivity contribution in [3.63, 3.8) is 0 Å². The Balaban J connectivity index is 1.94. The minimum Gasteiger partial charge on any atom is -0.497 e. The van der Waals surface area contributed by atoms with Crippen LogP contribution in [-0.2, 0) is 6.42 Å². The van der Waals surface area contributed by atoms with E-state index in [1.807, 2.05) is 30.3 Å². The fourth-order valence-corrected chi connectivity index (χ4v) is 2.32. The lowest BCUT2D eigenvalue weighted by Crippen LogP contribution is -1.89. The zero-order valence-electron chi connectivity index (χ0n) is 11.1. The third-order valence-electron chi connectivity index (χ3n) is 3.47. The average molecular weight is 252 g/mol. The molecular formula is C17H16O2. The van der Waals surface area contributed by atoms with Gasteiger partial charge in [-0.3, -0.25) is 0 Å². The van der Waals surface area contributed by atoms with Gasteiger partial charge in [-0.2, -0.15) is 0 Å². The van der Waals surface area contributed by atoms with Crippen LogP contribution in [0.2, 0.25) is 0 Å². The Bertz CT molecular complexity index is 693. The Kier molecular flexibility index (Phi) is 3.00. The van der Waals surface area contributed by atoms with Gasteiger partial charge in [0.25, 0.3) is 0 Å². The number of hydrogen-bond donors (Lipinski definition) is 0. The quantitative estimate of drug-likeness (QED) is 0.691. The van der Waals surface area contributed by atoms with Crippen LogP contribution in [0.15, 0.2) is 52.9 Å². The van der Waals surface area contributed by atoms with Crippen LogP contribution >= 0.6 is 0 Å². The van der Waals surface area contributed by atoms with E-state index in [1.165, 1.54) is 16.5 Å². The summed E-state index contributed by atoms with van der Waals surface area (Å²) in [4.78, 5) is 0. The molecular weight excluding hydrogens is 236 g/mol. The summed E-state index contributed by atoms with van der Waals surface area (Å²) >= 11 is 0. The second kappa shape index (κ2) is 4.81. The highest BCUT2D eigenvalue weighted by molar-refractivity contribution is 5.81. The lowest BCUT2D eigenvalue weighted by atomic mass is 10.1. The average Bonchev–Trinajstić information content (AvgIpc) is 2.77. The van der Waals surface area contributed by atoms with Gasteiger partial charge in [0.2, 0.25) is 0 Å². The first-order valence-corrected chi connectivity index (χ1v) is 6.38. The summed E-state index contributed by atoms with van der Waals surface area (Å²) in [7, 11) is 1.68. The van der Waals surface area contributed by atoms with E-state index in [-0.39, 0.29) is 0 Å². The minimum absolute atomic E-state index is 0.810. The molecule has 19 heavy (non-hydrogen) atoms. The number of rotatable bonds is 3. The van der Waals surface area contributed by atoms with Crippen LogP contribution in [0.4, 0.5) is 0 Å². The molecule has 3 aromatic rings. The first-order valence-electron chi connectivity index (χ1n) is 6.38. The second-order valence-corrected chi connectivity index (χ2v) is 4.67. The highest BCUT2D eigenvalue weighted by Crippen LogP contribution is 2.27. The first-order chi connectivity index (χ1) is 9.28. The molecule has 0 saturated carbocycles. The molecule has 0 N–H and O–H groups in total. The van der Waals surface area contributed by atoms with Crippen molar-refractivity contribution >= 4 is 11.0 Å². The van der Waals surface area contributed by atoms with Crippen molar-refractivity contribution in [3.05, 3.63) is 65.4 Å². The summed E-state index contributed by atoms with van der Waals surface area (Å²) < 4.78 is 11.1. The van der Waals surface area contributed by atoms with Crippen LogP contribution in [0.5, 0.6) is 5.75 Å². The molecule has 0 bridgehead atoms. The summed E-state index contributed by atoms with van der Waals surface area (Å²) in [5.74, 6) is 1.91. The van der Waals surface area contributed by atoms with Crippen LogP contribution in [0.1, 0.15) is 16.9 Å². The zero-order valence-corrected chi connectivity index (χ0v) is 11.1. The number of furan rings is 1. The maximum atomic E-state index is 5.93. The van der Waals surface area contributed by atoms with E-state index in [1.54, 1.807) is 7.11 Å². The Morgan fingerprint density at radius 2 is 1.74 bits per heavy atom.